The van der Waals surface area contributed by atoms with Crippen LogP contribution in [0.25, 0.3) is 0 Å². The average Bonchev–Trinajstić information content (AvgIpc) is 2.33. The Labute approximate surface area is 123 Å². The van der Waals surface area contributed by atoms with Crippen LogP contribution in [0.1, 0.15) is 79.6 Å². The molecule has 0 aliphatic heterocycles. The van der Waals surface area contributed by atoms with E-state index in [-0.39, 0.29) is 10.8 Å². The van der Waals surface area contributed by atoms with Gasteiger partial charge in [-0.15, -0.1) is 0 Å². The van der Waals surface area contributed by atoms with Crippen LogP contribution in [0.3, 0.4) is 0 Å². The predicted molar refractivity (Wildman–Crippen MR) is 87.6 cm³/mol. The highest BCUT2D eigenvalue weighted by Crippen LogP contribution is 2.13. The van der Waals surface area contributed by atoms with E-state index in [0.29, 0.717) is 0 Å². The number of nitrogens with one attached hydrogen (secondary N) is 1. The third kappa shape index (κ3) is 10.3. The molecule has 0 bridgehead atoms. The number of hydrogen-bond acceptors (Lipinski definition) is 1. The summed E-state index contributed by atoms with van der Waals surface area (Å²) in [4.78, 5) is 0. The Kier molecular flexibility index (Phi) is 10.5. The summed E-state index contributed by atoms with van der Waals surface area (Å²) in [6.07, 6.45) is 12.8. The summed E-state index contributed by atoms with van der Waals surface area (Å²) in [5.41, 5.74) is 0. The molecule has 0 spiro atoms. The van der Waals surface area contributed by atoms with Crippen LogP contribution in [0.5, 0.6) is 0 Å². The molecule has 0 unspecified atom stereocenters. The van der Waals surface area contributed by atoms with Crippen LogP contribution in [-0.4, -0.2) is 15.0 Å². The fourth-order valence-corrected chi connectivity index (χ4v) is 2.55. The van der Waals surface area contributed by atoms with Crippen LogP contribution in [0, 0.1) is 0 Å². The monoisotopic (exact) mass is 287 g/mol. The molecule has 0 radical (unpaired) electrons. The predicted octanol–water partition coefficient (Wildman–Crippen LogP) is 4.73. The summed E-state index contributed by atoms with van der Waals surface area (Å²) in [7, 11) is -0.981. The van der Waals surface area contributed by atoms with Crippen molar-refractivity contribution in [3.8, 4) is 0 Å². The fraction of sp³-hybridized carbons (Fsp3) is 0.875. The minimum absolute atomic E-state index is 0.194. The van der Waals surface area contributed by atoms with Crippen LogP contribution in [0.2, 0.25) is 0 Å². The van der Waals surface area contributed by atoms with Crippen LogP contribution < -0.4 is 4.72 Å². The van der Waals surface area contributed by atoms with Gasteiger partial charge in [0.2, 0.25) is 0 Å². The first kappa shape index (κ1) is 18.9. The smallest absolute Gasteiger partial charge is 0.0975 e. The largest absolute Gasteiger partial charge is 0.242 e. The van der Waals surface area contributed by atoms with Crippen molar-refractivity contribution in [2.24, 2.45) is 0 Å². The Bertz CT molecular complexity index is 268. The lowest BCUT2D eigenvalue weighted by Crippen LogP contribution is -2.39. The maximum absolute atomic E-state index is 12.2. The molecule has 0 heterocycles. The van der Waals surface area contributed by atoms with Crippen molar-refractivity contribution in [2.75, 3.05) is 0 Å². The average molecular weight is 288 g/mol. The second-order valence-corrected chi connectivity index (χ2v) is 8.17. The van der Waals surface area contributed by atoms with E-state index >= 15 is 0 Å². The Morgan fingerprint density at radius 2 is 1.79 bits per heavy atom. The lowest BCUT2D eigenvalue weighted by Gasteiger charge is -2.22. The van der Waals surface area contributed by atoms with Gasteiger partial charge in [-0.05, 0) is 33.6 Å². The number of allylic oxidation sites excluding steroid dienone is 1. The van der Waals surface area contributed by atoms with E-state index in [1.165, 1.54) is 32.1 Å². The molecule has 0 aliphatic rings. The molecule has 0 saturated heterocycles. The Balaban J connectivity index is 4.29. The van der Waals surface area contributed by atoms with E-state index in [4.69, 9.17) is 0 Å². The van der Waals surface area contributed by atoms with E-state index in [2.05, 4.69) is 30.7 Å². The van der Waals surface area contributed by atoms with Crippen molar-refractivity contribution < 1.29 is 4.21 Å². The molecular formula is C16H33NOS. The first-order valence-corrected chi connectivity index (χ1v) is 8.91. The zero-order chi connectivity index (χ0) is 14.7. The summed E-state index contributed by atoms with van der Waals surface area (Å²) in [5.74, 6) is 0. The normalized spacial score (nSPS) is 15.8. The highest BCUT2D eigenvalue weighted by Gasteiger charge is 2.21. The van der Waals surface area contributed by atoms with Gasteiger partial charge in [-0.3, -0.25) is 0 Å². The maximum atomic E-state index is 12.2. The van der Waals surface area contributed by atoms with Gasteiger partial charge < -0.3 is 0 Å². The number of hydrogen-bond donors (Lipinski definition) is 1. The Hall–Kier alpha value is -0.150. The molecule has 0 aliphatic carbocycles. The fourth-order valence-electron chi connectivity index (χ4n) is 1.73. The van der Waals surface area contributed by atoms with Gasteiger partial charge in [0.1, 0.15) is 0 Å². The molecule has 0 aromatic heterocycles. The second-order valence-electron chi connectivity index (χ2n) is 6.17. The molecule has 19 heavy (non-hydrogen) atoms. The zero-order valence-corrected chi connectivity index (χ0v) is 14.3. The van der Waals surface area contributed by atoms with Crippen molar-refractivity contribution in [2.45, 2.75) is 90.4 Å². The van der Waals surface area contributed by atoms with Crippen LogP contribution >= 0.6 is 0 Å². The van der Waals surface area contributed by atoms with Crippen molar-refractivity contribution in [3.05, 3.63) is 12.2 Å². The van der Waals surface area contributed by atoms with Crippen molar-refractivity contribution in [1.82, 2.24) is 4.72 Å². The molecule has 0 fully saturated rings. The van der Waals surface area contributed by atoms with Crippen LogP contribution in [0.4, 0.5) is 0 Å². The minimum Gasteiger partial charge on any atom is -0.242 e. The maximum Gasteiger partial charge on any atom is 0.0975 e. The van der Waals surface area contributed by atoms with Gasteiger partial charge in [-0.25, -0.2) is 8.93 Å². The van der Waals surface area contributed by atoms with Crippen molar-refractivity contribution in [1.29, 1.82) is 0 Å². The summed E-state index contributed by atoms with van der Waals surface area (Å²) < 4.78 is 15.2. The van der Waals surface area contributed by atoms with Crippen molar-refractivity contribution >= 4 is 11.0 Å². The number of unbranched alkanes of at least 4 members (excludes halogenated alkanes) is 4. The van der Waals surface area contributed by atoms with Crippen molar-refractivity contribution in [3.63, 3.8) is 0 Å². The molecule has 114 valence electrons. The summed E-state index contributed by atoms with van der Waals surface area (Å²) >= 11 is 0. The molecule has 0 saturated carbocycles. The molecule has 1 N–H and O–H groups in total. The second kappa shape index (κ2) is 10.6. The van der Waals surface area contributed by atoms with E-state index in [1.54, 1.807) is 0 Å². The molecule has 0 rings (SSSR count). The first-order chi connectivity index (χ1) is 8.91. The topological polar surface area (TPSA) is 29.1 Å². The standard InChI is InChI=1S/C16H33NOS/c1-6-8-10-12-14-15(13-11-9-7-2)17-19(18)16(3,4)5/h11,13,15,17H,6-10,12,14H2,1-5H3/b13-11+/t15-,19-/m1/s1. The minimum atomic E-state index is -0.981. The molecule has 3 heteroatoms. The summed E-state index contributed by atoms with van der Waals surface area (Å²) in [6.45, 7) is 10.5. The van der Waals surface area contributed by atoms with Gasteiger partial charge in [0.15, 0.2) is 0 Å². The highest BCUT2D eigenvalue weighted by molar-refractivity contribution is 7.84. The van der Waals surface area contributed by atoms with E-state index in [0.717, 1.165) is 12.8 Å². The van der Waals surface area contributed by atoms with Gasteiger partial charge >= 0.3 is 0 Å². The third-order valence-electron chi connectivity index (χ3n) is 3.01. The van der Waals surface area contributed by atoms with E-state index in [1.807, 2.05) is 20.8 Å². The number of rotatable bonds is 10. The van der Waals surface area contributed by atoms with Crippen LogP contribution in [-0.2, 0) is 11.0 Å². The summed E-state index contributed by atoms with van der Waals surface area (Å²) in [5, 5.41) is 0. The molecule has 0 amide bonds. The highest BCUT2D eigenvalue weighted by atomic mass is 32.2. The van der Waals surface area contributed by atoms with E-state index in [9.17, 15) is 4.21 Å². The molecule has 0 aromatic rings. The third-order valence-corrected chi connectivity index (χ3v) is 4.64. The quantitative estimate of drug-likeness (QED) is 0.456. The van der Waals surface area contributed by atoms with Gasteiger partial charge in [-0.2, -0.15) is 0 Å². The zero-order valence-electron chi connectivity index (χ0n) is 13.5. The Morgan fingerprint density at radius 3 is 2.32 bits per heavy atom. The molecule has 2 atom stereocenters. The van der Waals surface area contributed by atoms with Gasteiger partial charge in [0.05, 0.1) is 15.7 Å². The summed E-state index contributed by atoms with van der Waals surface area (Å²) in [6, 6.07) is 0.253. The molecule has 2 nitrogen and oxygen atoms in total. The lowest BCUT2D eigenvalue weighted by molar-refractivity contribution is 0.564. The van der Waals surface area contributed by atoms with Crippen LogP contribution in [0.15, 0.2) is 12.2 Å². The van der Waals surface area contributed by atoms with E-state index < -0.39 is 11.0 Å². The Morgan fingerprint density at radius 1 is 1.11 bits per heavy atom. The van der Waals surface area contributed by atoms with Gasteiger partial charge in [0.25, 0.3) is 0 Å². The van der Waals surface area contributed by atoms with Gasteiger partial charge in [0, 0.05) is 6.04 Å². The molecule has 0 aromatic carbocycles. The van der Waals surface area contributed by atoms with Gasteiger partial charge in [-0.1, -0.05) is 58.1 Å². The SMILES string of the molecule is CCC/C=C/[C@H](CCCCCC)N[S@](=O)C(C)(C)C. The lowest BCUT2D eigenvalue weighted by atomic mass is 10.1. The first-order valence-electron chi connectivity index (χ1n) is 7.76. The molecular weight excluding hydrogens is 254 g/mol.